The lowest BCUT2D eigenvalue weighted by Gasteiger charge is -2.10. The quantitative estimate of drug-likeness (QED) is 0.821. The average Bonchev–Trinajstić information content (AvgIpc) is 2.47. The van der Waals surface area contributed by atoms with Gasteiger partial charge in [0.05, 0.1) is 0 Å². The fourth-order valence-corrected chi connectivity index (χ4v) is 1.75. The summed E-state index contributed by atoms with van der Waals surface area (Å²) in [5.41, 5.74) is 2.26. The van der Waals surface area contributed by atoms with E-state index in [0.29, 0.717) is 6.54 Å². The van der Waals surface area contributed by atoms with Crippen molar-refractivity contribution >= 4 is 6.03 Å². The van der Waals surface area contributed by atoms with Crippen LogP contribution in [0.3, 0.4) is 0 Å². The second-order valence-corrected chi connectivity index (χ2v) is 4.39. The highest BCUT2D eigenvalue weighted by atomic mass is 16.5. The standard InChI is InChI=1S/C16H18N2O2/c1-13-7-5-6-8-14(13)11-17-16(19)18-12-20-15-9-3-2-4-10-15/h2-10H,11-12H2,1H3,(H2,17,18,19). The zero-order valence-corrected chi connectivity index (χ0v) is 11.4. The molecule has 0 radical (unpaired) electrons. The van der Waals surface area contributed by atoms with Gasteiger partial charge < -0.3 is 15.4 Å². The van der Waals surface area contributed by atoms with E-state index >= 15 is 0 Å². The molecule has 20 heavy (non-hydrogen) atoms. The van der Waals surface area contributed by atoms with E-state index in [1.165, 1.54) is 0 Å². The number of benzene rings is 2. The Kier molecular flexibility index (Phi) is 5.00. The number of hydrogen-bond donors (Lipinski definition) is 2. The third-order valence-electron chi connectivity index (χ3n) is 2.92. The Morgan fingerprint density at radius 2 is 1.70 bits per heavy atom. The predicted molar refractivity (Wildman–Crippen MR) is 78.5 cm³/mol. The van der Waals surface area contributed by atoms with Crippen LogP contribution < -0.4 is 15.4 Å². The van der Waals surface area contributed by atoms with E-state index in [9.17, 15) is 4.79 Å². The molecule has 2 aromatic rings. The van der Waals surface area contributed by atoms with Crippen molar-refractivity contribution in [1.29, 1.82) is 0 Å². The second-order valence-electron chi connectivity index (χ2n) is 4.39. The first-order valence-electron chi connectivity index (χ1n) is 6.50. The normalized spacial score (nSPS) is 9.85. The number of rotatable bonds is 5. The van der Waals surface area contributed by atoms with Crippen molar-refractivity contribution in [3.05, 3.63) is 65.7 Å². The maximum Gasteiger partial charge on any atom is 0.317 e. The fourth-order valence-electron chi connectivity index (χ4n) is 1.75. The van der Waals surface area contributed by atoms with Crippen molar-refractivity contribution in [3.63, 3.8) is 0 Å². The highest BCUT2D eigenvalue weighted by molar-refractivity contribution is 5.73. The molecule has 0 saturated carbocycles. The molecular weight excluding hydrogens is 252 g/mol. The van der Waals surface area contributed by atoms with Gasteiger partial charge in [-0.15, -0.1) is 0 Å². The number of carbonyl (C=O) groups is 1. The van der Waals surface area contributed by atoms with E-state index in [1.807, 2.05) is 61.5 Å². The molecule has 104 valence electrons. The topological polar surface area (TPSA) is 50.4 Å². The molecule has 0 aliphatic rings. The summed E-state index contributed by atoms with van der Waals surface area (Å²) in [4.78, 5) is 11.6. The first-order valence-corrected chi connectivity index (χ1v) is 6.50. The Bertz CT molecular complexity index is 555. The van der Waals surface area contributed by atoms with Gasteiger partial charge in [-0.2, -0.15) is 0 Å². The largest absolute Gasteiger partial charge is 0.473 e. The van der Waals surface area contributed by atoms with Crippen LogP contribution in [0.4, 0.5) is 4.79 Å². The molecule has 0 unspecified atom stereocenters. The molecule has 4 nitrogen and oxygen atoms in total. The van der Waals surface area contributed by atoms with Crippen LogP contribution in [0, 0.1) is 6.92 Å². The summed E-state index contributed by atoms with van der Waals surface area (Å²) in [5, 5.41) is 5.44. The van der Waals surface area contributed by atoms with Crippen LogP contribution >= 0.6 is 0 Å². The molecule has 0 aliphatic carbocycles. The molecule has 0 aliphatic heterocycles. The van der Waals surface area contributed by atoms with E-state index in [-0.39, 0.29) is 12.8 Å². The van der Waals surface area contributed by atoms with Gasteiger partial charge in [-0.3, -0.25) is 0 Å². The number of nitrogens with one attached hydrogen (secondary N) is 2. The van der Waals surface area contributed by atoms with Crippen LogP contribution in [-0.2, 0) is 6.54 Å². The van der Waals surface area contributed by atoms with Crippen molar-refractivity contribution < 1.29 is 9.53 Å². The summed E-state index contributed by atoms with van der Waals surface area (Å²) in [7, 11) is 0. The summed E-state index contributed by atoms with van der Waals surface area (Å²) >= 11 is 0. The highest BCUT2D eigenvalue weighted by Gasteiger charge is 2.01. The van der Waals surface area contributed by atoms with Crippen molar-refractivity contribution in [3.8, 4) is 5.75 Å². The minimum absolute atomic E-state index is 0.142. The van der Waals surface area contributed by atoms with Crippen molar-refractivity contribution in [2.45, 2.75) is 13.5 Å². The van der Waals surface area contributed by atoms with Crippen LogP contribution in [0.15, 0.2) is 54.6 Å². The van der Waals surface area contributed by atoms with Gasteiger partial charge in [-0.25, -0.2) is 4.79 Å². The third kappa shape index (κ3) is 4.31. The molecule has 4 heteroatoms. The smallest absolute Gasteiger partial charge is 0.317 e. The lowest BCUT2D eigenvalue weighted by atomic mass is 10.1. The molecule has 0 aromatic heterocycles. The van der Waals surface area contributed by atoms with Crippen LogP contribution in [-0.4, -0.2) is 12.8 Å². The molecule has 0 saturated heterocycles. The molecule has 2 aromatic carbocycles. The molecule has 2 N–H and O–H groups in total. The summed E-state index contributed by atoms with van der Waals surface area (Å²) in [6.45, 7) is 2.67. The summed E-state index contributed by atoms with van der Waals surface area (Å²) in [6.07, 6.45) is 0. The van der Waals surface area contributed by atoms with Gasteiger partial charge in [0.25, 0.3) is 0 Å². The van der Waals surface area contributed by atoms with E-state index in [2.05, 4.69) is 10.6 Å². The molecule has 0 atom stereocenters. The maximum atomic E-state index is 11.6. The first kappa shape index (κ1) is 13.9. The van der Waals surface area contributed by atoms with Crippen LogP contribution in [0.2, 0.25) is 0 Å². The lowest BCUT2D eigenvalue weighted by Crippen LogP contribution is -2.37. The fraction of sp³-hybridized carbons (Fsp3) is 0.188. The Labute approximate surface area is 118 Å². The monoisotopic (exact) mass is 270 g/mol. The van der Waals surface area contributed by atoms with Crippen LogP contribution in [0.5, 0.6) is 5.75 Å². The molecule has 0 fully saturated rings. The summed E-state index contributed by atoms with van der Waals surface area (Å²) < 4.78 is 5.38. The minimum Gasteiger partial charge on any atom is -0.473 e. The Morgan fingerprint density at radius 1 is 1.00 bits per heavy atom. The maximum absolute atomic E-state index is 11.6. The van der Waals surface area contributed by atoms with Crippen molar-refractivity contribution in [1.82, 2.24) is 10.6 Å². The van der Waals surface area contributed by atoms with Gasteiger partial charge >= 0.3 is 6.03 Å². The number of carbonyl (C=O) groups excluding carboxylic acids is 1. The molecular formula is C16H18N2O2. The second kappa shape index (κ2) is 7.19. The number of ether oxygens (including phenoxy) is 1. The van der Waals surface area contributed by atoms with Crippen LogP contribution in [0.25, 0.3) is 0 Å². The first-order chi connectivity index (χ1) is 9.75. The van der Waals surface area contributed by atoms with Gasteiger partial charge in [0.1, 0.15) is 5.75 Å². The van der Waals surface area contributed by atoms with Gasteiger partial charge in [-0.1, -0.05) is 42.5 Å². The van der Waals surface area contributed by atoms with Gasteiger partial charge in [0, 0.05) is 6.54 Å². The van der Waals surface area contributed by atoms with Crippen molar-refractivity contribution in [2.75, 3.05) is 6.73 Å². The Morgan fingerprint density at radius 3 is 2.45 bits per heavy atom. The number of urea groups is 1. The lowest BCUT2D eigenvalue weighted by molar-refractivity contribution is 0.223. The van der Waals surface area contributed by atoms with Gasteiger partial charge in [0.2, 0.25) is 0 Å². The van der Waals surface area contributed by atoms with E-state index < -0.39 is 0 Å². The summed E-state index contributed by atoms with van der Waals surface area (Å²) in [5.74, 6) is 0.728. The Balaban J connectivity index is 1.70. The number of hydrogen-bond acceptors (Lipinski definition) is 2. The predicted octanol–water partition coefficient (Wildman–Crippen LogP) is 2.83. The third-order valence-corrected chi connectivity index (χ3v) is 2.92. The number of amides is 2. The van der Waals surface area contributed by atoms with Crippen molar-refractivity contribution in [2.24, 2.45) is 0 Å². The van der Waals surface area contributed by atoms with E-state index in [0.717, 1.165) is 16.9 Å². The molecule has 0 bridgehead atoms. The SMILES string of the molecule is Cc1ccccc1CNC(=O)NCOc1ccccc1. The van der Waals surface area contributed by atoms with E-state index in [1.54, 1.807) is 0 Å². The number of aryl methyl sites for hydroxylation is 1. The zero-order chi connectivity index (χ0) is 14.2. The minimum atomic E-state index is -0.246. The summed E-state index contributed by atoms with van der Waals surface area (Å²) in [6, 6.07) is 17.1. The Hall–Kier alpha value is -2.49. The van der Waals surface area contributed by atoms with E-state index in [4.69, 9.17) is 4.74 Å². The molecule has 0 heterocycles. The number of para-hydroxylation sites is 1. The highest BCUT2D eigenvalue weighted by Crippen LogP contribution is 2.07. The molecule has 2 rings (SSSR count). The molecule has 0 spiro atoms. The molecule has 2 amide bonds. The van der Waals surface area contributed by atoms with Gasteiger partial charge in [0.15, 0.2) is 6.73 Å². The average molecular weight is 270 g/mol. The van der Waals surface area contributed by atoms with Gasteiger partial charge in [-0.05, 0) is 30.2 Å². The zero-order valence-electron chi connectivity index (χ0n) is 11.4. The van der Waals surface area contributed by atoms with Crippen LogP contribution in [0.1, 0.15) is 11.1 Å².